The average molecular weight is 558 g/mol. The van der Waals surface area contributed by atoms with Crippen LogP contribution in [0.25, 0.3) is 5.57 Å². The zero-order chi connectivity index (χ0) is 29.0. The fourth-order valence-corrected chi connectivity index (χ4v) is 3.75. The Kier molecular flexibility index (Phi) is 12.1. The molecule has 0 saturated carbocycles. The van der Waals surface area contributed by atoms with E-state index in [1.807, 2.05) is 32.1 Å². The molecule has 0 fully saturated rings. The zero-order valence-electron chi connectivity index (χ0n) is 23.2. The number of carbonyl (C=O) groups excluding carboxylic acids is 2. The third kappa shape index (κ3) is 10.9. The fraction of sp³-hybridized carbons (Fsp3) is 0.407. The Balaban J connectivity index is 2.20. The van der Waals surface area contributed by atoms with Crippen LogP contribution >= 0.6 is 0 Å². The summed E-state index contributed by atoms with van der Waals surface area (Å²) in [5, 5.41) is 6.37. The molecule has 1 aromatic heterocycles. The van der Waals surface area contributed by atoms with Gasteiger partial charge in [0, 0.05) is 24.0 Å². The molecule has 4 N–H and O–H groups in total. The van der Waals surface area contributed by atoms with Gasteiger partial charge in [-0.05, 0) is 65.7 Å². The van der Waals surface area contributed by atoms with Crippen LogP contribution in [-0.4, -0.2) is 46.8 Å². The number of nitrogens with one attached hydrogen (secondary N) is 2. The van der Waals surface area contributed by atoms with Gasteiger partial charge in [-0.1, -0.05) is 35.3 Å². The van der Waals surface area contributed by atoms with Gasteiger partial charge in [-0.25, -0.2) is 9.78 Å². The van der Waals surface area contributed by atoms with Crippen LogP contribution in [0.5, 0.6) is 0 Å². The summed E-state index contributed by atoms with van der Waals surface area (Å²) < 4.78 is 25.8. The van der Waals surface area contributed by atoms with Gasteiger partial charge in [-0.15, -0.1) is 10.6 Å². The number of amides is 1. The topological polar surface area (TPSA) is 158 Å². The van der Waals surface area contributed by atoms with Crippen LogP contribution in [0, 0.1) is 0 Å². The molecule has 0 unspecified atom stereocenters. The predicted molar refractivity (Wildman–Crippen MR) is 153 cm³/mol. The molecule has 2 rings (SSSR count). The molecular formula is C27H37N6O5S-. The molecule has 12 heteroatoms. The summed E-state index contributed by atoms with van der Waals surface area (Å²) >= 11 is 0. The van der Waals surface area contributed by atoms with Crippen molar-refractivity contribution in [3.8, 4) is 0 Å². The first kappa shape index (κ1) is 31.4. The number of aromatic nitrogens is 2. The van der Waals surface area contributed by atoms with Gasteiger partial charge in [0.1, 0.15) is 17.5 Å². The van der Waals surface area contributed by atoms with E-state index < -0.39 is 34.3 Å². The SMILES string of the molecule is C/C=C\C=C(/C)c1cnc(Nc2ccc([S-](=O)=NC(=O)OCC)cc2)nc1NCC[C@H](N)C(=O)OC(C)(C)C. The monoisotopic (exact) mass is 557 g/mol. The summed E-state index contributed by atoms with van der Waals surface area (Å²) in [4.78, 5) is 33.1. The van der Waals surface area contributed by atoms with E-state index in [0.29, 0.717) is 35.3 Å². The molecule has 0 bridgehead atoms. The number of nitrogens with two attached hydrogens (primary N) is 1. The smallest absolute Gasteiger partial charge is 0.410 e. The quantitative estimate of drug-likeness (QED) is 0.187. The molecule has 1 aromatic carbocycles. The molecule has 0 spiro atoms. The van der Waals surface area contributed by atoms with E-state index in [0.717, 1.165) is 11.1 Å². The number of ether oxygens (including phenoxy) is 2. The first-order valence-electron chi connectivity index (χ1n) is 12.5. The number of anilines is 3. The number of allylic oxidation sites excluding steroid dienone is 4. The normalized spacial score (nSPS) is 13.7. The molecule has 212 valence electrons. The molecule has 0 aliphatic heterocycles. The van der Waals surface area contributed by atoms with Crippen molar-refractivity contribution in [2.75, 3.05) is 23.8 Å². The second-order valence-electron chi connectivity index (χ2n) is 9.38. The van der Waals surface area contributed by atoms with Crippen LogP contribution in [0.4, 0.5) is 22.2 Å². The van der Waals surface area contributed by atoms with Crippen molar-refractivity contribution in [3.05, 3.63) is 54.3 Å². The summed E-state index contributed by atoms with van der Waals surface area (Å²) in [6.07, 6.45) is 6.95. The fourth-order valence-electron chi connectivity index (χ4n) is 3.09. The first-order valence-corrected chi connectivity index (χ1v) is 13.6. The van der Waals surface area contributed by atoms with E-state index in [1.54, 1.807) is 58.2 Å². The van der Waals surface area contributed by atoms with Crippen molar-refractivity contribution in [1.82, 2.24) is 9.97 Å². The zero-order valence-corrected chi connectivity index (χ0v) is 24.0. The van der Waals surface area contributed by atoms with Crippen LogP contribution in [0.3, 0.4) is 0 Å². The molecule has 39 heavy (non-hydrogen) atoms. The highest BCUT2D eigenvalue weighted by Gasteiger charge is 2.22. The Hall–Kier alpha value is -3.77. The van der Waals surface area contributed by atoms with E-state index >= 15 is 0 Å². The number of nitrogens with zero attached hydrogens (tertiary/aromatic N) is 3. The largest absolute Gasteiger partial charge is 0.459 e. The minimum absolute atomic E-state index is 0.152. The van der Waals surface area contributed by atoms with Crippen molar-refractivity contribution < 1.29 is 23.3 Å². The number of hydrogen-bond donors (Lipinski definition) is 3. The van der Waals surface area contributed by atoms with Crippen molar-refractivity contribution in [2.45, 2.75) is 64.5 Å². The Labute approximate surface area is 231 Å². The molecule has 1 atom stereocenters. The summed E-state index contributed by atoms with van der Waals surface area (Å²) in [6, 6.07) is 5.73. The maximum atomic E-state index is 12.2. The third-order valence-corrected chi connectivity index (χ3v) is 5.94. The molecule has 0 aliphatic carbocycles. The molecule has 1 heterocycles. The van der Waals surface area contributed by atoms with Crippen molar-refractivity contribution in [1.29, 1.82) is 0 Å². The van der Waals surface area contributed by atoms with E-state index in [9.17, 15) is 13.8 Å². The van der Waals surface area contributed by atoms with Crippen molar-refractivity contribution >= 4 is 45.7 Å². The number of rotatable bonds is 11. The minimum atomic E-state index is -1.88. The van der Waals surface area contributed by atoms with Gasteiger partial charge in [0.2, 0.25) is 5.95 Å². The molecule has 0 radical (unpaired) electrons. The van der Waals surface area contributed by atoms with E-state index in [-0.39, 0.29) is 6.61 Å². The Morgan fingerprint density at radius 3 is 2.54 bits per heavy atom. The van der Waals surface area contributed by atoms with Crippen LogP contribution in [0.15, 0.2) is 57.9 Å². The summed E-state index contributed by atoms with van der Waals surface area (Å²) in [5.41, 5.74) is 7.78. The standard InChI is InChI=1S/C27H37N6O5S/c1-7-9-10-18(3)21-17-30-25(32-23(21)29-16-15-22(28)24(34)38-27(4,5)6)31-19-11-13-20(14-12-19)39(36)33-26(35)37-8-2/h7,9-14,17,22H,8,15-16,28H2,1-6H3,(H2,29,30,31,32)/q-1/b9-7-,18-10+/t22-/m0/s1. The van der Waals surface area contributed by atoms with Crippen molar-refractivity contribution in [3.63, 3.8) is 0 Å². The predicted octanol–water partition coefficient (Wildman–Crippen LogP) is 5.33. The number of hydrogen-bond acceptors (Lipinski definition) is 11. The van der Waals surface area contributed by atoms with Gasteiger partial charge in [0.05, 0.1) is 6.61 Å². The Bertz CT molecular complexity index is 1280. The highest BCUT2D eigenvalue weighted by Crippen LogP contribution is 2.24. The van der Waals surface area contributed by atoms with Crippen LogP contribution in [0.2, 0.25) is 0 Å². The van der Waals surface area contributed by atoms with E-state index in [1.165, 1.54) is 0 Å². The molecule has 1 amide bonds. The summed E-state index contributed by atoms with van der Waals surface area (Å²) in [7, 11) is -1.88. The number of esters is 1. The van der Waals surface area contributed by atoms with Gasteiger partial charge < -0.3 is 30.0 Å². The Morgan fingerprint density at radius 2 is 1.92 bits per heavy atom. The maximum Gasteiger partial charge on any atom is 0.410 e. The van der Waals surface area contributed by atoms with E-state index in [2.05, 4.69) is 25.0 Å². The second kappa shape index (κ2) is 15.0. The molecule has 2 aromatic rings. The lowest BCUT2D eigenvalue weighted by Gasteiger charge is -2.22. The van der Waals surface area contributed by atoms with Gasteiger partial charge in [0.25, 0.3) is 0 Å². The lowest BCUT2D eigenvalue weighted by atomic mass is 10.1. The van der Waals surface area contributed by atoms with E-state index in [4.69, 9.17) is 15.2 Å². The summed E-state index contributed by atoms with van der Waals surface area (Å²) in [5.74, 6) is 0.424. The van der Waals surface area contributed by atoms with Gasteiger partial charge >= 0.3 is 12.1 Å². The number of carbonyl (C=O) groups is 2. The Morgan fingerprint density at radius 1 is 1.23 bits per heavy atom. The van der Waals surface area contributed by atoms with Gasteiger partial charge in [0.15, 0.2) is 0 Å². The highest BCUT2D eigenvalue weighted by atomic mass is 32.2. The van der Waals surface area contributed by atoms with Crippen molar-refractivity contribution in [2.24, 2.45) is 10.1 Å². The minimum Gasteiger partial charge on any atom is -0.459 e. The van der Waals surface area contributed by atoms with Crippen LogP contribution < -0.4 is 16.4 Å². The highest BCUT2D eigenvalue weighted by molar-refractivity contribution is 7.75. The first-order chi connectivity index (χ1) is 18.4. The maximum absolute atomic E-state index is 12.2. The molecule has 11 nitrogen and oxygen atoms in total. The number of benzene rings is 1. The van der Waals surface area contributed by atoms with Gasteiger partial charge in [-0.3, -0.25) is 9.16 Å². The lowest BCUT2D eigenvalue weighted by Crippen LogP contribution is -2.38. The lowest BCUT2D eigenvalue weighted by molar-refractivity contribution is -0.156. The van der Waals surface area contributed by atoms with Crippen LogP contribution in [-0.2, 0) is 29.1 Å². The second-order valence-corrected chi connectivity index (χ2v) is 10.5. The van der Waals surface area contributed by atoms with Crippen LogP contribution in [0.1, 0.15) is 53.5 Å². The summed E-state index contributed by atoms with van der Waals surface area (Å²) in [6.45, 7) is 11.4. The molecular weight excluding hydrogens is 520 g/mol. The average Bonchev–Trinajstić information content (AvgIpc) is 2.86. The molecule has 0 aliphatic rings. The third-order valence-electron chi connectivity index (χ3n) is 4.95. The van der Waals surface area contributed by atoms with Gasteiger partial charge in [-0.2, -0.15) is 4.98 Å². The molecule has 0 saturated heterocycles.